The molecule has 0 amide bonds. The van der Waals surface area contributed by atoms with Crippen molar-refractivity contribution >= 4 is 30.5 Å². The van der Waals surface area contributed by atoms with Crippen LogP contribution in [0.1, 0.15) is 26.3 Å². The average Bonchev–Trinajstić information content (AvgIpc) is 2.87. The normalized spacial score (nSPS) is 11.8. The third-order valence-electron chi connectivity index (χ3n) is 4.56. The molecule has 0 spiro atoms. The van der Waals surface area contributed by atoms with Crippen LogP contribution in [0.4, 0.5) is 0 Å². The van der Waals surface area contributed by atoms with Crippen LogP contribution in [0.5, 0.6) is 11.5 Å². The molecule has 0 bridgehead atoms. The van der Waals surface area contributed by atoms with Crippen molar-refractivity contribution in [3.63, 3.8) is 0 Å². The largest absolute Gasteiger partial charge is 0.431 e. The first-order valence-corrected chi connectivity index (χ1v) is 13.1. The van der Waals surface area contributed by atoms with Gasteiger partial charge >= 0.3 is 7.58 Å². The van der Waals surface area contributed by atoms with E-state index in [1.54, 1.807) is 72.8 Å². The molecule has 0 saturated heterocycles. The molecule has 0 heterocycles. The van der Waals surface area contributed by atoms with E-state index in [4.69, 9.17) is 9.05 Å². The van der Waals surface area contributed by atoms with Crippen molar-refractivity contribution in [3.05, 3.63) is 133 Å². The monoisotopic (exact) mass is 474 g/mol. The van der Waals surface area contributed by atoms with Crippen LogP contribution in [0, 0.1) is 0 Å². The molecule has 166 valence electrons. The zero-order valence-corrected chi connectivity index (χ0v) is 19.9. The van der Waals surface area contributed by atoms with E-state index in [1.165, 1.54) is 17.5 Å². The Balaban J connectivity index is 1.64. The Bertz CT molecular complexity index is 1150. The van der Waals surface area contributed by atoms with Crippen LogP contribution in [-0.4, -0.2) is 17.8 Å². The SMILES string of the molecule is C=C/C=C(\C=C)C(=O)c1ccc(OP(Oc2ccc(C(=O)c3ccccc3)cc2)SC)cc1. The van der Waals surface area contributed by atoms with Crippen molar-refractivity contribution in [1.82, 2.24) is 0 Å². The van der Waals surface area contributed by atoms with Crippen LogP contribution in [-0.2, 0) is 0 Å². The number of benzene rings is 3. The third kappa shape index (κ3) is 6.55. The fourth-order valence-corrected chi connectivity index (χ4v) is 4.62. The van der Waals surface area contributed by atoms with Gasteiger partial charge in [0.15, 0.2) is 11.6 Å². The van der Waals surface area contributed by atoms with Gasteiger partial charge in [-0.2, -0.15) is 0 Å². The second-order valence-corrected chi connectivity index (χ2v) is 9.89. The molecule has 6 heteroatoms. The molecule has 0 radical (unpaired) electrons. The highest BCUT2D eigenvalue weighted by atomic mass is 32.7. The summed E-state index contributed by atoms with van der Waals surface area (Å²) in [5.74, 6) is 1.03. The van der Waals surface area contributed by atoms with Gasteiger partial charge in [-0.25, -0.2) is 0 Å². The van der Waals surface area contributed by atoms with E-state index in [9.17, 15) is 9.59 Å². The van der Waals surface area contributed by atoms with Crippen LogP contribution >= 0.6 is 19.0 Å². The molecule has 33 heavy (non-hydrogen) atoms. The fraction of sp³-hybridized carbons (Fsp3) is 0.0370. The summed E-state index contributed by atoms with van der Waals surface area (Å²) in [5, 5.41) is 0. The molecule has 4 nitrogen and oxygen atoms in total. The summed E-state index contributed by atoms with van der Waals surface area (Å²) in [5.41, 5.74) is 2.24. The predicted octanol–water partition coefficient (Wildman–Crippen LogP) is 7.45. The van der Waals surface area contributed by atoms with Gasteiger partial charge in [-0.3, -0.25) is 9.59 Å². The van der Waals surface area contributed by atoms with Gasteiger partial charge in [0.05, 0.1) is 0 Å². The van der Waals surface area contributed by atoms with E-state index >= 15 is 0 Å². The molecule has 3 aromatic rings. The molecular weight excluding hydrogens is 451 g/mol. The second kappa shape index (κ2) is 12.0. The first-order chi connectivity index (χ1) is 16.0. The van der Waals surface area contributed by atoms with Crippen LogP contribution in [0.2, 0.25) is 0 Å². The Morgan fingerprint density at radius 3 is 1.79 bits per heavy atom. The van der Waals surface area contributed by atoms with Crippen molar-refractivity contribution in [2.45, 2.75) is 0 Å². The smallest absolute Gasteiger partial charge is 0.360 e. The molecule has 0 aliphatic rings. The molecule has 0 N–H and O–H groups in total. The molecule has 3 rings (SSSR count). The number of allylic oxidation sites excluding steroid dienone is 4. The van der Waals surface area contributed by atoms with Crippen molar-refractivity contribution in [2.24, 2.45) is 0 Å². The molecule has 0 fully saturated rings. The molecule has 1 unspecified atom stereocenters. The van der Waals surface area contributed by atoms with E-state index in [-0.39, 0.29) is 11.6 Å². The lowest BCUT2D eigenvalue weighted by atomic mass is 10.0. The van der Waals surface area contributed by atoms with Gasteiger partial charge in [-0.1, -0.05) is 73.1 Å². The van der Waals surface area contributed by atoms with Crippen LogP contribution < -0.4 is 9.05 Å². The molecule has 3 aromatic carbocycles. The topological polar surface area (TPSA) is 52.6 Å². The number of ketones is 2. The number of hydrogen-bond donors (Lipinski definition) is 0. The van der Waals surface area contributed by atoms with Gasteiger partial charge in [0.2, 0.25) is 0 Å². The van der Waals surface area contributed by atoms with Gasteiger partial charge in [-0.15, -0.1) is 0 Å². The molecule has 0 saturated carbocycles. The lowest BCUT2D eigenvalue weighted by molar-refractivity contribution is 0.103. The molecule has 0 aliphatic heterocycles. The number of rotatable bonds is 11. The Morgan fingerprint density at radius 1 is 0.788 bits per heavy atom. The Morgan fingerprint density at radius 2 is 1.30 bits per heavy atom. The summed E-state index contributed by atoms with van der Waals surface area (Å²) in [4.78, 5) is 25.0. The lowest BCUT2D eigenvalue weighted by Crippen LogP contribution is -2.01. The maximum absolute atomic E-state index is 12.5. The highest BCUT2D eigenvalue weighted by Gasteiger charge is 2.16. The fourth-order valence-electron chi connectivity index (χ4n) is 2.89. The molecule has 0 aliphatic carbocycles. The van der Waals surface area contributed by atoms with Crippen LogP contribution in [0.15, 0.2) is 116 Å². The first kappa shape index (κ1) is 24.2. The minimum Gasteiger partial charge on any atom is -0.431 e. The van der Waals surface area contributed by atoms with Gasteiger partial charge < -0.3 is 9.05 Å². The summed E-state index contributed by atoms with van der Waals surface area (Å²) >= 11 is 1.45. The second-order valence-electron chi connectivity index (χ2n) is 6.72. The zero-order valence-electron chi connectivity index (χ0n) is 18.1. The molecular formula is C27H23O4PS. The number of carbonyl (C=O) groups excluding carboxylic acids is 2. The summed E-state index contributed by atoms with van der Waals surface area (Å²) in [6.07, 6.45) is 6.58. The van der Waals surface area contributed by atoms with Gasteiger partial charge in [0.25, 0.3) is 0 Å². The zero-order chi connectivity index (χ0) is 23.6. The van der Waals surface area contributed by atoms with E-state index in [2.05, 4.69) is 13.2 Å². The molecule has 1 atom stereocenters. The van der Waals surface area contributed by atoms with Crippen molar-refractivity contribution in [1.29, 1.82) is 0 Å². The van der Waals surface area contributed by atoms with Crippen LogP contribution in [0.25, 0.3) is 0 Å². The van der Waals surface area contributed by atoms with Gasteiger partial charge in [0.1, 0.15) is 11.5 Å². The Labute approximate surface area is 199 Å². The number of hydrogen-bond acceptors (Lipinski definition) is 5. The summed E-state index contributed by atoms with van der Waals surface area (Å²) in [7, 11) is -1.32. The van der Waals surface area contributed by atoms with E-state index in [0.29, 0.717) is 33.8 Å². The quantitative estimate of drug-likeness (QED) is 0.125. The van der Waals surface area contributed by atoms with E-state index < -0.39 is 7.58 Å². The highest BCUT2D eigenvalue weighted by molar-refractivity contribution is 8.52. The van der Waals surface area contributed by atoms with E-state index in [1.807, 2.05) is 24.5 Å². The summed E-state index contributed by atoms with van der Waals surface area (Å²) in [6, 6.07) is 23.0. The maximum atomic E-state index is 12.5. The van der Waals surface area contributed by atoms with Crippen molar-refractivity contribution in [2.75, 3.05) is 6.26 Å². The van der Waals surface area contributed by atoms with Gasteiger partial charge in [-0.05, 0) is 54.8 Å². The lowest BCUT2D eigenvalue weighted by Gasteiger charge is -2.16. The average molecular weight is 475 g/mol. The minimum absolute atomic E-state index is 0.0392. The maximum Gasteiger partial charge on any atom is 0.360 e. The van der Waals surface area contributed by atoms with Gasteiger partial charge in [0, 0.05) is 22.3 Å². The number of Topliss-reactive ketones (excluding diaryl/α,β-unsaturated/α-hetero) is 1. The predicted molar refractivity (Wildman–Crippen MR) is 137 cm³/mol. The first-order valence-electron chi connectivity index (χ1n) is 10.1. The summed E-state index contributed by atoms with van der Waals surface area (Å²) < 4.78 is 11.9. The summed E-state index contributed by atoms with van der Waals surface area (Å²) in [6.45, 7) is 7.28. The number of carbonyl (C=O) groups is 2. The van der Waals surface area contributed by atoms with Crippen LogP contribution in [0.3, 0.4) is 0 Å². The highest BCUT2D eigenvalue weighted by Crippen LogP contribution is 2.50. The van der Waals surface area contributed by atoms with Crippen molar-refractivity contribution in [3.8, 4) is 11.5 Å². The Kier molecular flexibility index (Phi) is 8.82. The molecule has 0 aromatic heterocycles. The van der Waals surface area contributed by atoms with Crippen molar-refractivity contribution < 1.29 is 18.6 Å². The minimum atomic E-state index is -1.32. The third-order valence-corrected chi connectivity index (χ3v) is 6.92. The Hall–Kier alpha value is -3.40. The van der Waals surface area contributed by atoms with E-state index in [0.717, 1.165) is 0 Å². The standard InChI is InChI=1S/C27H23O4PS/c1-4-9-20(5-2)26(28)22-12-16-24(17-13-22)30-32(33-3)31-25-18-14-23(15-19-25)27(29)21-10-7-6-8-11-21/h4-19H,1-2H2,3H3/b20-9+.